The van der Waals surface area contributed by atoms with Gasteiger partial charge in [-0.15, -0.1) is 0 Å². The molecular weight excluding hydrogens is 322 g/mol. The number of carbonyl (C=O) groups excluding carboxylic acids is 1. The van der Waals surface area contributed by atoms with Crippen LogP contribution in [0.3, 0.4) is 0 Å². The van der Waals surface area contributed by atoms with Crippen LogP contribution < -0.4 is 5.32 Å². The van der Waals surface area contributed by atoms with Gasteiger partial charge in [-0.2, -0.15) is 5.10 Å². The Morgan fingerprint density at radius 3 is 2.72 bits per heavy atom. The van der Waals surface area contributed by atoms with Crippen LogP contribution in [-0.4, -0.2) is 33.5 Å². The molecule has 2 aromatic rings. The van der Waals surface area contributed by atoms with Gasteiger partial charge in [-0.05, 0) is 12.5 Å². The van der Waals surface area contributed by atoms with Crippen LogP contribution in [0.15, 0.2) is 30.3 Å². The fraction of sp³-hybridized carbons (Fsp3) is 0.278. The van der Waals surface area contributed by atoms with E-state index < -0.39 is 12.1 Å². The Morgan fingerprint density at radius 1 is 1.32 bits per heavy atom. The average Bonchev–Trinajstić information content (AvgIpc) is 2.87. The van der Waals surface area contributed by atoms with Crippen molar-refractivity contribution >= 4 is 12.1 Å². The van der Waals surface area contributed by atoms with Gasteiger partial charge in [0.1, 0.15) is 6.61 Å². The number of rotatable bonds is 5. The summed E-state index contributed by atoms with van der Waals surface area (Å²) in [5.74, 6) is 4.58. The molecule has 0 fully saturated rings. The number of aromatic nitrogens is 2. The van der Waals surface area contributed by atoms with E-state index in [0.29, 0.717) is 24.2 Å². The molecule has 7 heteroatoms. The number of aryl methyl sites for hydroxylation is 2. The number of nitrogens with one attached hydrogen (secondary N) is 1. The van der Waals surface area contributed by atoms with E-state index in [2.05, 4.69) is 22.3 Å². The number of hydrogen-bond donors (Lipinski definition) is 2. The molecule has 0 radical (unpaired) electrons. The molecule has 1 aromatic heterocycles. The minimum atomic E-state index is -1.07. The van der Waals surface area contributed by atoms with Crippen molar-refractivity contribution < 1.29 is 19.4 Å². The van der Waals surface area contributed by atoms with Crippen molar-refractivity contribution in [2.75, 3.05) is 6.54 Å². The first-order valence-electron chi connectivity index (χ1n) is 7.69. The number of carbonyl (C=O) groups is 2. The predicted octanol–water partition coefficient (Wildman–Crippen LogP) is 2.09. The Hall–Kier alpha value is -3.27. The maximum Gasteiger partial charge on any atom is 0.407 e. The SMILES string of the molecule is Cc1nn(C)c(C(=O)O)c1C#CCCNC(=O)OCc1ccccc1. The van der Waals surface area contributed by atoms with E-state index in [0.717, 1.165) is 5.56 Å². The molecule has 2 rings (SSSR count). The normalized spacial score (nSPS) is 9.84. The van der Waals surface area contributed by atoms with Crippen molar-refractivity contribution in [2.45, 2.75) is 20.0 Å². The van der Waals surface area contributed by atoms with Crippen LogP contribution in [0.25, 0.3) is 0 Å². The molecule has 0 spiro atoms. The highest BCUT2D eigenvalue weighted by Gasteiger charge is 2.17. The van der Waals surface area contributed by atoms with Gasteiger partial charge in [0.05, 0.1) is 11.3 Å². The number of hydrogen-bond acceptors (Lipinski definition) is 4. The van der Waals surface area contributed by atoms with Gasteiger partial charge >= 0.3 is 12.1 Å². The van der Waals surface area contributed by atoms with Gasteiger partial charge in [-0.3, -0.25) is 4.68 Å². The van der Waals surface area contributed by atoms with Crippen LogP contribution in [-0.2, 0) is 18.4 Å². The average molecular weight is 341 g/mol. The summed E-state index contributed by atoms with van der Waals surface area (Å²) >= 11 is 0. The summed E-state index contributed by atoms with van der Waals surface area (Å²) in [6.07, 6.45) is -0.150. The number of benzene rings is 1. The van der Waals surface area contributed by atoms with Gasteiger partial charge < -0.3 is 15.2 Å². The maximum atomic E-state index is 11.6. The van der Waals surface area contributed by atoms with E-state index in [1.807, 2.05) is 30.3 Å². The zero-order chi connectivity index (χ0) is 18.2. The number of alkyl carbamates (subject to hydrolysis) is 1. The predicted molar refractivity (Wildman–Crippen MR) is 91.0 cm³/mol. The molecule has 0 aliphatic rings. The van der Waals surface area contributed by atoms with E-state index in [1.54, 1.807) is 14.0 Å². The highest BCUT2D eigenvalue weighted by atomic mass is 16.5. The highest BCUT2D eigenvalue weighted by Crippen LogP contribution is 2.11. The first kappa shape index (κ1) is 18.1. The lowest BCUT2D eigenvalue weighted by atomic mass is 10.2. The second-order valence-corrected chi connectivity index (χ2v) is 5.28. The first-order valence-corrected chi connectivity index (χ1v) is 7.69. The summed E-state index contributed by atoms with van der Waals surface area (Å²) in [5.41, 5.74) is 1.91. The number of aromatic carboxylic acids is 1. The molecule has 0 atom stereocenters. The van der Waals surface area contributed by atoms with Crippen LogP contribution >= 0.6 is 0 Å². The molecule has 0 saturated carbocycles. The maximum absolute atomic E-state index is 11.6. The second kappa shape index (κ2) is 8.55. The fourth-order valence-corrected chi connectivity index (χ4v) is 2.21. The van der Waals surface area contributed by atoms with Crippen LogP contribution in [0.4, 0.5) is 4.79 Å². The van der Waals surface area contributed by atoms with Gasteiger partial charge in [0, 0.05) is 20.0 Å². The lowest BCUT2D eigenvalue weighted by Gasteiger charge is -2.05. The van der Waals surface area contributed by atoms with Crippen molar-refractivity contribution in [1.82, 2.24) is 15.1 Å². The topological polar surface area (TPSA) is 93.5 Å². The molecule has 25 heavy (non-hydrogen) atoms. The van der Waals surface area contributed by atoms with Crippen molar-refractivity contribution in [3.8, 4) is 11.8 Å². The molecule has 0 bridgehead atoms. The van der Waals surface area contributed by atoms with Crippen LogP contribution in [0.2, 0.25) is 0 Å². The van der Waals surface area contributed by atoms with Crippen molar-refractivity contribution in [2.24, 2.45) is 7.05 Å². The summed E-state index contributed by atoms with van der Waals surface area (Å²) < 4.78 is 6.37. The Balaban J connectivity index is 1.80. The third-order valence-electron chi connectivity index (χ3n) is 3.37. The van der Waals surface area contributed by atoms with E-state index in [-0.39, 0.29) is 12.3 Å². The number of ether oxygens (including phenoxy) is 1. The second-order valence-electron chi connectivity index (χ2n) is 5.28. The van der Waals surface area contributed by atoms with Crippen LogP contribution in [0.5, 0.6) is 0 Å². The van der Waals surface area contributed by atoms with E-state index in [4.69, 9.17) is 4.74 Å². The highest BCUT2D eigenvalue weighted by molar-refractivity contribution is 5.89. The molecule has 0 saturated heterocycles. The summed E-state index contributed by atoms with van der Waals surface area (Å²) in [6, 6.07) is 9.38. The minimum absolute atomic E-state index is 0.0558. The monoisotopic (exact) mass is 341 g/mol. The third-order valence-corrected chi connectivity index (χ3v) is 3.37. The molecule has 7 nitrogen and oxygen atoms in total. The van der Waals surface area contributed by atoms with Gasteiger partial charge in [-0.25, -0.2) is 9.59 Å². The molecule has 0 aliphatic heterocycles. The van der Waals surface area contributed by atoms with Gasteiger partial charge in [-0.1, -0.05) is 42.2 Å². The zero-order valence-electron chi connectivity index (χ0n) is 14.1. The van der Waals surface area contributed by atoms with Gasteiger partial charge in [0.2, 0.25) is 0 Å². The molecule has 1 heterocycles. The van der Waals surface area contributed by atoms with E-state index in [1.165, 1.54) is 4.68 Å². The molecule has 130 valence electrons. The quantitative estimate of drug-likeness (QED) is 0.642. The minimum Gasteiger partial charge on any atom is -0.476 e. The number of carboxylic acid groups (broad SMARTS) is 1. The Bertz CT molecular complexity index is 816. The van der Waals surface area contributed by atoms with Gasteiger partial charge in [0.15, 0.2) is 5.69 Å². The molecular formula is C18H19N3O4. The van der Waals surface area contributed by atoms with Crippen LogP contribution in [0, 0.1) is 18.8 Å². The summed E-state index contributed by atoms with van der Waals surface area (Å²) in [5, 5.41) is 15.8. The first-order chi connectivity index (χ1) is 12.0. The molecule has 1 amide bonds. The summed E-state index contributed by atoms with van der Waals surface area (Å²) in [6.45, 7) is 2.22. The van der Waals surface area contributed by atoms with Crippen molar-refractivity contribution in [3.63, 3.8) is 0 Å². The molecule has 2 N–H and O–H groups in total. The lowest BCUT2D eigenvalue weighted by Crippen LogP contribution is -2.24. The Labute approximate surface area is 145 Å². The van der Waals surface area contributed by atoms with E-state index in [9.17, 15) is 14.7 Å². The van der Waals surface area contributed by atoms with Crippen LogP contribution in [0.1, 0.15) is 33.7 Å². The smallest absolute Gasteiger partial charge is 0.407 e. The molecule has 0 unspecified atom stereocenters. The fourth-order valence-electron chi connectivity index (χ4n) is 2.21. The van der Waals surface area contributed by atoms with E-state index >= 15 is 0 Å². The van der Waals surface area contributed by atoms with Crippen molar-refractivity contribution in [3.05, 3.63) is 52.8 Å². The largest absolute Gasteiger partial charge is 0.476 e. The number of carboxylic acids is 1. The van der Waals surface area contributed by atoms with Gasteiger partial charge in [0.25, 0.3) is 0 Å². The van der Waals surface area contributed by atoms with Crippen molar-refractivity contribution in [1.29, 1.82) is 0 Å². The summed E-state index contributed by atoms with van der Waals surface area (Å²) in [4.78, 5) is 22.8. The zero-order valence-corrected chi connectivity index (χ0v) is 14.1. The standard InChI is InChI=1S/C18H19N3O4/c1-13-15(16(17(22)23)21(2)20-13)10-6-7-11-19-18(24)25-12-14-8-4-3-5-9-14/h3-5,8-9H,7,11-12H2,1-2H3,(H,19,24)(H,22,23). The lowest BCUT2D eigenvalue weighted by molar-refractivity contribution is 0.0684. The third kappa shape index (κ3) is 5.11. The molecule has 1 aromatic carbocycles. The Kier molecular flexibility index (Phi) is 6.18. The number of nitrogens with zero attached hydrogens (tertiary/aromatic N) is 2. The molecule has 0 aliphatic carbocycles. The Morgan fingerprint density at radius 2 is 2.04 bits per heavy atom. The number of amides is 1. The summed E-state index contributed by atoms with van der Waals surface area (Å²) in [7, 11) is 1.56.